The third kappa shape index (κ3) is 2.25. The number of Topliss-reactive ketones (excluding diaryl/α,β-unsaturated/α-hetero) is 1. The molecule has 0 aromatic heterocycles. The lowest BCUT2D eigenvalue weighted by molar-refractivity contribution is 0.101. The molecule has 0 saturated heterocycles. The summed E-state index contributed by atoms with van der Waals surface area (Å²) in [6.45, 7) is 1.74. The van der Waals surface area contributed by atoms with Gasteiger partial charge in [-0.3, -0.25) is 4.79 Å². The zero-order valence-corrected chi connectivity index (χ0v) is 11.0. The fourth-order valence-corrected chi connectivity index (χ4v) is 2.08. The normalized spacial score (nSPS) is 12.2. The van der Waals surface area contributed by atoms with Crippen molar-refractivity contribution >= 4 is 22.8 Å². The minimum Gasteiger partial charge on any atom is -0.454 e. The van der Waals surface area contributed by atoms with Gasteiger partial charge in [0.05, 0.1) is 0 Å². The molecule has 0 saturated carbocycles. The van der Waals surface area contributed by atoms with Gasteiger partial charge in [0.15, 0.2) is 17.3 Å². The molecule has 1 aliphatic heterocycles. The van der Waals surface area contributed by atoms with E-state index in [1.807, 2.05) is 24.3 Å². The monoisotopic (exact) mass is 270 g/mol. The van der Waals surface area contributed by atoms with Gasteiger partial charge in [0.25, 0.3) is 0 Å². The first-order valence-electron chi connectivity index (χ1n) is 6.20. The molecule has 5 heteroatoms. The van der Waals surface area contributed by atoms with E-state index >= 15 is 0 Å². The third-order valence-electron chi connectivity index (χ3n) is 3.09. The lowest BCUT2D eigenvalue weighted by Crippen LogP contribution is -2.01. The van der Waals surface area contributed by atoms with Crippen molar-refractivity contribution in [1.82, 2.24) is 0 Å². The van der Waals surface area contributed by atoms with E-state index in [1.54, 1.807) is 12.1 Å². The Morgan fingerprint density at radius 1 is 1.10 bits per heavy atom. The SMILES string of the molecule is CC(=O)c1cc(Nc2ccc3c(c2)OCO3)ccc1N. The van der Waals surface area contributed by atoms with Gasteiger partial charge in [0.2, 0.25) is 6.79 Å². The largest absolute Gasteiger partial charge is 0.454 e. The molecule has 0 amide bonds. The Kier molecular flexibility index (Phi) is 2.95. The Balaban J connectivity index is 1.88. The van der Waals surface area contributed by atoms with Gasteiger partial charge in [-0.05, 0) is 37.3 Å². The Bertz CT molecular complexity index is 683. The summed E-state index contributed by atoms with van der Waals surface area (Å²) in [5, 5.41) is 3.21. The van der Waals surface area contributed by atoms with Crippen LogP contribution in [0.25, 0.3) is 0 Å². The number of nitrogen functional groups attached to an aromatic ring is 1. The van der Waals surface area contributed by atoms with Crippen LogP contribution >= 0.6 is 0 Å². The highest BCUT2D eigenvalue weighted by atomic mass is 16.7. The van der Waals surface area contributed by atoms with Crippen LogP contribution in [0.4, 0.5) is 17.1 Å². The van der Waals surface area contributed by atoms with Crippen molar-refractivity contribution in [3.05, 3.63) is 42.0 Å². The summed E-state index contributed by atoms with van der Waals surface area (Å²) >= 11 is 0. The summed E-state index contributed by atoms with van der Waals surface area (Å²) < 4.78 is 10.6. The van der Waals surface area contributed by atoms with Crippen LogP contribution in [0.3, 0.4) is 0 Å². The maximum Gasteiger partial charge on any atom is 0.231 e. The molecule has 102 valence electrons. The number of rotatable bonds is 3. The number of nitrogens with two attached hydrogens (primary N) is 1. The lowest BCUT2D eigenvalue weighted by atomic mass is 10.1. The maximum atomic E-state index is 11.5. The van der Waals surface area contributed by atoms with Gasteiger partial charge < -0.3 is 20.5 Å². The van der Waals surface area contributed by atoms with Gasteiger partial charge in [0, 0.05) is 28.7 Å². The molecule has 0 bridgehead atoms. The molecule has 0 aliphatic carbocycles. The minimum absolute atomic E-state index is 0.0585. The second kappa shape index (κ2) is 4.77. The van der Waals surface area contributed by atoms with Crippen LogP contribution in [0.1, 0.15) is 17.3 Å². The number of fused-ring (bicyclic) bond motifs is 1. The van der Waals surface area contributed by atoms with E-state index in [2.05, 4.69) is 5.32 Å². The molecule has 0 spiro atoms. The zero-order valence-electron chi connectivity index (χ0n) is 11.0. The second-order valence-corrected chi connectivity index (χ2v) is 4.55. The quantitative estimate of drug-likeness (QED) is 0.662. The van der Waals surface area contributed by atoms with Gasteiger partial charge in [-0.1, -0.05) is 0 Å². The van der Waals surface area contributed by atoms with Crippen molar-refractivity contribution in [2.75, 3.05) is 17.8 Å². The van der Waals surface area contributed by atoms with Crippen molar-refractivity contribution in [3.63, 3.8) is 0 Å². The van der Waals surface area contributed by atoms with E-state index in [-0.39, 0.29) is 12.6 Å². The summed E-state index contributed by atoms with van der Waals surface area (Å²) in [6, 6.07) is 10.9. The van der Waals surface area contributed by atoms with Crippen LogP contribution in [-0.2, 0) is 0 Å². The summed E-state index contributed by atoms with van der Waals surface area (Å²) in [5.41, 5.74) is 8.41. The number of ether oxygens (including phenoxy) is 2. The van der Waals surface area contributed by atoms with E-state index in [0.717, 1.165) is 17.1 Å². The van der Waals surface area contributed by atoms with Crippen LogP contribution in [-0.4, -0.2) is 12.6 Å². The third-order valence-corrected chi connectivity index (χ3v) is 3.09. The van der Waals surface area contributed by atoms with Crippen LogP contribution < -0.4 is 20.5 Å². The van der Waals surface area contributed by atoms with Crippen molar-refractivity contribution < 1.29 is 14.3 Å². The number of ketones is 1. The molecule has 0 fully saturated rings. The summed E-state index contributed by atoms with van der Waals surface area (Å²) in [5.74, 6) is 1.38. The number of carbonyl (C=O) groups is 1. The average molecular weight is 270 g/mol. The minimum atomic E-state index is -0.0585. The van der Waals surface area contributed by atoms with Crippen LogP contribution in [0.2, 0.25) is 0 Å². The molecule has 20 heavy (non-hydrogen) atoms. The molecule has 1 aliphatic rings. The molecule has 2 aromatic carbocycles. The molecule has 3 rings (SSSR count). The van der Waals surface area contributed by atoms with E-state index in [4.69, 9.17) is 15.2 Å². The Morgan fingerprint density at radius 3 is 2.60 bits per heavy atom. The van der Waals surface area contributed by atoms with Gasteiger partial charge >= 0.3 is 0 Å². The molecule has 0 unspecified atom stereocenters. The average Bonchev–Trinajstić information content (AvgIpc) is 2.88. The number of hydrogen-bond acceptors (Lipinski definition) is 5. The first-order valence-corrected chi connectivity index (χ1v) is 6.20. The fraction of sp³-hybridized carbons (Fsp3) is 0.133. The lowest BCUT2D eigenvalue weighted by Gasteiger charge is -2.10. The topological polar surface area (TPSA) is 73.6 Å². The predicted molar refractivity (Wildman–Crippen MR) is 76.7 cm³/mol. The number of hydrogen-bond donors (Lipinski definition) is 2. The van der Waals surface area contributed by atoms with Crippen molar-refractivity contribution in [2.24, 2.45) is 0 Å². The second-order valence-electron chi connectivity index (χ2n) is 4.55. The molecule has 0 radical (unpaired) electrons. The summed E-state index contributed by atoms with van der Waals surface area (Å²) in [7, 11) is 0. The van der Waals surface area contributed by atoms with Crippen LogP contribution in [0, 0.1) is 0 Å². The van der Waals surface area contributed by atoms with Gasteiger partial charge in [0.1, 0.15) is 0 Å². The molecular formula is C15H14N2O3. The first kappa shape index (κ1) is 12.3. The number of anilines is 3. The van der Waals surface area contributed by atoms with Crippen LogP contribution in [0.5, 0.6) is 11.5 Å². The first-order chi connectivity index (χ1) is 9.63. The van der Waals surface area contributed by atoms with Crippen molar-refractivity contribution in [1.29, 1.82) is 0 Å². The number of benzene rings is 2. The highest BCUT2D eigenvalue weighted by Crippen LogP contribution is 2.35. The highest BCUT2D eigenvalue weighted by Gasteiger charge is 2.13. The molecule has 0 atom stereocenters. The smallest absolute Gasteiger partial charge is 0.231 e. The highest BCUT2D eigenvalue weighted by molar-refractivity contribution is 6.00. The van der Waals surface area contributed by atoms with E-state index < -0.39 is 0 Å². The number of carbonyl (C=O) groups excluding carboxylic acids is 1. The maximum absolute atomic E-state index is 11.5. The van der Waals surface area contributed by atoms with Crippen molar-refractivity contribution in [2.45, 2.75) is 6.92 Å². The summed E-state index contributed by atoms with van der Waals surface area (Å²) in [4.78, 5) is 11.5. The van der Waals surface area contributed by atoms with Crippen molar-refractivity contribution in [3.8, 4) is 11.5 Å². The molecular weight excluding hydrogens is 256 g/mol. The Hall–Kier alpha value is -2.69. The van der Waals surface area contributed by atoms with Crippen LogP contribution in [0.15, 0.2) is 36.4 Å². The van der Waals surface area contributed by atoms with E-state index in [1.165, 1.54) is 6.92 Å². The van der Waals surface area contributed by atoms with Gasteiger partial charge in [-0.15, -0.1) is 0 Å². The molecule has 2 aromatic rings. The molecule has 5 nitrogen and oxygen atoms in total. The zero-order chi connectivity index (χ0) is 14.1. The summed E-state index contributed by atoms with van der Waals surface area (Å²) in [6.07, 6.45) is 0. The molecule has 3 N–H and O–H groups in total. The van der Waals surface area contributed by atoms with E-state index in [9.17, 15) is 4.79 Å². The Morgan fingerprint density at radius 2 is 1.80 bits per heavy atom. The predicted octanol–water partition coefficient (Wildman–Crippen LogP) is 2.94. The van der Waals surface area contributed by atoms with E-state index in [0.29, 0.717) is 17.0 Å². The fourth-order valence-electron chi connectivity index (χ4n) is 2.08. The molecule has 1 heterocycles. The van der Waals surface area contributed by atoms with Gasteiger partial charge in [-0.2, -0.15) is 0 Å². The standard InChI is InChI=1S/C15H14N2O3/c1-9(18)12-6-10(2-4-13(12)16)17-11-3-5-14-15(7-11)20-8-19-14/h2-7,17H,8,16H2,1H3. The Labute approximate surface area is 116 Å². The van der Waals surface area contributed by atoms with Gasteiger partial charge in [-0.25, -0.2) is 0 Å². The number of nitrogens with one attached hydrogen (secondary N) is 1.